The maximum Gasteiger partial charge on any atom is 0.239 e. The number of amides is 1. The van der Waals surface area contributed by atoms with Crippen LogP contribution in [-0.2, 0) is 11.3 Å². The summed E-state index contributed by atoms with van der Waals surface area (Å²) in [5, 5.41) is 3.22. The molecule has 1 aromatic rings. The van der Waals surface area contributed by atoms with Gasteiger partial charge in [0.25, 0.3) is 0 Å². The van der Waals surface area contributed by atoms with Gasteiger partial charge in [-0.25, -0.2) is 0 Å². The first kappa shape index (κ1) is 14.5. The predicted octanol–water partition coefficient (Wildman–Crippen LogP) is 1.62. The molecule has 0 aliphatic carbocycles. The number of nitrogen functional groups attached to an aromatic ring is 1. The van der Waals surface area contributed by atoms with Gasteiger partial charge in [-0.2, -0.15) is 0 Å². The van der Waals surface area contributed by atoms with E-state index >= 15 is 0 Å². The van der Waals surface area contributed by atoms with E-state index in [2.05, 4.69) is 5.32 Å². The number of nitrogens with zero attached hydrogens (tertiary/aromatic N) is 1. The number of nitrogens with two attached hydrogens (primary N) is 1. The van der Waals surface area contributed by atoms with E-state index in [1.807, 2.05) is 49.9 Å². The summed E-state index contributed by atoms with van der Waals surface area (Å²) in [5.41, 5.74) is 7.64. The highest BCUT2D eigenvalue weighted by molar-refractivity contribution is 5.81. The largest absolute Gasteiger partial charge is 0.398 e. The highest BCUT2D eigenvalue weighted by Crippen LogP contribution is 2.10. The Morgan fingerprint density at radius 3 is 2.50 bits per heavy atom. The topological polar surface area (TPSA) is 58.4 Å². The number of benzene rings is 1. The SMILES string of the molecule is CCN(CC)C(=O)C(C)NCc1ccccc1N. The normalized spacial score (nSPS) is 12.2. The van der Waals surface area contributed by atoms with Gasteiger partial charge in [-0.1, -0.05) is 18.2 Å². The van der Waals surface area contributed by atoms with Crippen molar-refractivity contribution in [2.75, 3.05) is 18.8 Å². The summed E-state index contributed by atoms with van der Waals surface area (Å²) < 4.78 is 0. The highest BCUT2D eigenvalue weighted by atomic mass is 16.2. The molecule has 1 unspecified atom stereocenters. The zero-order valence-electron chi connectivity index (χ0n) is 11.4. The van der Waals surface area contributed by atoms with Crippen LogP contribution in [0.4, 0.5) is 5.69 Å². The molecule has 4 heteroatoms. The number of hydrogen-bond donors (Lipinski definition) is 2. The molecule has 0 saturated carbocycles. The van der Waals surface area contributed by atoms with E-state index in [1.54, 1.807) is 0 Å². The standard InChI is InChI=1S/C14H23N3O/c1-4-17(5-2)14(18)11(3)16-10-12-8-6-7-9-13(12)15/h6-9,11,16H,4-5,10,15H2,1-3H3. The van der Waals surface area contributed by atoms with Gasteiger partial charge >= 0.3 is 0 Å². The molecular weight excluding hydrogens is 226 g/mol. The smallest absolute Gasteiger partial charge is 0.239 e. The Morgan fingerprint density at radius 1 is 1.33 bits per heavy atom. The molecule has 0 aliphatic rings. The molecular formula is C14H23N3O. The van der Waals surface area contributed by atoms with Crippen molar-refractivity contribution >= 4 is 11.6 Å². The molecule has 18 heavy (non-hydrogen) atoms. The fourth-order valence-corrected chi connectivity index (χ4v) is 1.85. The molecule has 0 radical (unpaired) electrons. The number of anilines is 1. The van der Waals surface area contributed by atoms with Crippen LogP contribution in [-0.4, -0.2) is 29.9 Å². The number of likely N-dealkylation sites (N-methyl/N-ethyl adjacent to an activating group) is 1. The van der Waals surface area contributed by atoms with Gasteiger partial charge in [-0.05, 0) is 32.4 Å². The van der Waals surface area contributed by atoms with E-state index < -0.39 is 0 Å². The van der Waals surface area contributed by atoms with Crippen LogP contribution in [0.25, 0.3) is 0 Å². The van der Waals surface area contributed by atoms with Crippen molar-refractivity contribution in [1.29, 1.82) is 0 Å². The van der Waals surface area contributed by atoms with Crippen molar-refractivity contribution < 1.29 is 4.79 Å². The van der Waals surface area contributed by atoms with Crippen LogP contribution in [0, 0.1) is 0 Å². The van der Waals surface area contributed by atoms with Gasteiger partial charge in [0, 0.05) is 25.3 Å². The van der Waals surface area contributed by atoms with E-state index in [0.29, 0.717) is 6.54 Å². The Bertz CT molecular complexity index is 388. The monoisotopic (exact) mass is 249 g/mol. The van der Waals surface area contributed by atoms with Crippen LogP contribution in [0.1, 0.15) is 26.3 Å². The first-order valence-electron chi connectivity index (χ1n) is 6.45. The summed E-state index contributed by atoms with van der Waals surface area (Å²) in [6.45, 7) is 7.97. The lowest BCUT2D eigenvalue weighted by Crippen LogP contribution is -2.44. The molecule has 0 aliphatic heterocycles. The van der Waals surface area contributed by atoms with Crippen LogP contribution in [0.15, 0.2) is 24.3 Å². The zero-order valence-corrected chi connectivity index (χ0v) is 11.4. The lowest BCUT2D eigenvalue weighted by Gasteiger charge is -2.23. The fraction of sp³-hybridized carbons (Fsp3) is 0.500. The first-order chi connectivity index (χ1) is 8.60. The lowest BCUT2D eigenvalue weighted by molar-refractivity contribution is -0.132. The van der Waals surface area contributed by atoms with Crippen molar-refractivity contribution in [2.45, 2.75) is 33.4 Å². The van der Waals surface area contributed by atoms with Crippen molar-refractivity contribution in [3.8, 4) is 0 Å². The number of carbonyl (C=O) groups excluding carboxylic acids is 1. The summed E-state index contributed by atoms with van der Waals surface area (Å²) in [6.07, 6.45) is 0. The van der Waals surface area contributed by atoms with Crippen molar-refractivity contribution in [3.63, 3.8) is 0 Å². The Balaban J connectivity index is 2.53. The summed E-state index contributed by atoms with van der Waals surface area (Å²) in [5.74, 6) is 0.134. The van der Waals surface area contributed by atoms with Gasteiger partial charge in [0.15, 0.2) is 0 Å². The minimum Gasteiger partial charge on any atom is -0.398 e. The van der Waals surface area contributed by atoms with Crippen LogP contribution in [0.5, 0.6) is 0 Å². The Labute approximate surface area is 109 Å². The van der Waals surface area contributed by atoms with Gasteiger partial charge in [-0.15, -0.1) is 0 Å². The van der Waals surface area contributed by atoms with E-state index in [9.17, 15) is 4.79 Å². The van der Waals surface area contributed by atoms with Gasteiger partial charge in [0.1, 0.15) is 0 Å². The van der Waals surface area contributed by atoms with E-state index in [1.165, 1.54) is 0 Å². The maximum absolute atomic E-state index is 12.0. The molecule has 1 rings (SSSR count). The number of nitrogens with one attached hydrogen (secondary N) is 1. The predicted molar refractivity (Wildman–Crippen MR) is 75.1 cm³/mol. The minimum atomic E-state index is -0.190. The van der Waals surface area contributed by atoms with Crippen molar-refractivity contribution in [3.05, 3.63) is 29.8 Å². The zero-order chi connectivity index (χ0) is 13.5. The fourth-order valence-electron chi connectivity index (χ4n) is 1.85. The highest BCUT2D eigenvalue weighted by Gasteiger charge is 2.17. The molecule has 0 bridgehead atoms. The summed E-state index contributed by atoms with van der Waals surface area (Å²) in [6, 6.07) is 7.50. The molecule has 3 N–H and O–H groups in total. The van der Waals surface area contributed by atoms with Crippen molar-refractivity contribution in [2.24, 2.45) is 0 Å². The maximum atomic E-state index is 12.0. The number of para-hydroxylation sites is 1. The molecule has 100 valence electrons. The third-order valence-corrected chi connectivity index (χ3v) is 3.10. The summed E-state index contributed by atoms with van der Waals surface area (Å²) in [4.78, 5) is 13.9. The second-order valence-corrected chi connectivity index (χ2v) is 4.31. The molecule has 0 fully saturated rings. The number of carbonyl (C=O) groups is 1. The summed E-state index contributed by atoms with van der Waals surface area (Å²) in [7, 11) is 0. The molecule has 0 spiro atoms. The molecule has 1 aromatic carbocycles. The molecule has 0 aromatic heterocycles. The quantitative estimate of drug-likeness (QED) is 0.753. The lowest BCUT2D eigenvalue weighted by atomic mass is 10.1. The molecule has 0 heterocycles. The molecule has 4 nitrogen and oxygen atoms in total. The van der Waals surface area contributed by atoms with Crippen LogP contribution < -0.4 is 11.1 Å². The second kappa shape index (κ2) is 7.01. The van der Waals surface area contributed by atoms with Gasteiger partial charge in [0.2, 0.25) is 5.91 Å². The molecule has 0 saturated heterocycles. The van der Waals surface area contributed by atoms with E-state index in [4.69, 9.17) is 5.73 Å². The van der Waals surface area contributed by atoms with Crippen LogP contribution in [0.2, 0.25) is 0 Å². The first-order valence-corrected chi connectivity index (χ1v) is 6.45. The number of hydrogen-bond acceptors (Lipinski definition) is 3. The van der Waals surface area contributed by atoms with Gasteiger partial charge in [-0.3, -0.25) is 4.79 Å². The third-order valence-electron chi connectivity index (χ3n) is 3.10. The van der Waals surface area contributed by atoms with Gasteiger partial charge < -0.3 is 16.0 Å². The Hall–Kier alpha value is -1.55. The van der Waals surface area contributed by atoms with Gasteiger partial charge in [0.05, 0.1) is 6.04 Å². The van der Waals surface area contributed by atoms with E-state index in [-0.39, 0.29) is 11.9 Å². The van der Waals surface area contributed by atoms with Crippen molar-refractivity contribution in [1.82, 2.24) is 10.2 Å². The van der Waals surface area contributed by atoms with E-state index in [0.717, 1.165) is 24.3 Å². The molecule has 1 atom stereocenters. The average molecular weight is 249 g/mol. The third kappa shape index (κ3) is 3.74. The average Bonchev–Trinajstić information content (AvgIpc) is 2.38. The molecule has 1 amide bonds. The Kier molecular flexibility index (Phi) is 5.65. The van der Waals surface area contributed by atoms with Crippen LogP contribution >= 0.6 is 0 Å². The Morgan fingerprint density at radius 2 is 1.94 bits per heavy atom. The second-order valence-electron chi connectivity index (χ2n) is 4.31. The number of rotatable bonds is 6. The summed E-state index contributed by atoms with van der Waals surface area (Å²) >= 11 is 0. The van der Waals surface area contributed by atoms with Crippen LogP contribution in [0.3, 0.4) is 0 Å². The minimum absolute atomic E-state index is 0.134.